The number of carbonyl (C=O) groups is 1. The van der Waals surface area contributed by atoms with Crippen LogP contribution in [0.4, 0.5) is 34.5 Å². The molecule has 1 fully saturated rings. The van der Waals surface area contributed by atoms with Crippen LogP contribution in [0.1, 0.15) is 0 Å². The number of nitrogens with zero attached hydrogens (tertiary/aromatic N) is 4. The van der Waals surface area contributed by atoms with Gasteiger partial charge in [-0.25, -0.2) is 4.98 Å². The standard InChI is InChI=1S/C26H27BrN8O/c1-3-24(36)32-22-15-19(6-7-23(22)35-12-10-34(2)11-13-35)31-26-29-16-20(27)25(33-26)30-18-5-4-17-8-9-28-21(17)14-18/h3-9,14-16,28H,1,10-13H2,2H3,(H,32,36)(H2,29,30,31,33). The molecule has 0 radical (unpaired) electrons. The number of halogens is 1. The number of H-pyrrole nitrogens is 1. The molecule has 1 aliphatic rings. The lowest BCUT2D eigenvalue weighted by atomic mass is 10.2. The van der Waals surface area contributed by atoms with Crippen molar-refractivity contribution in [3.8, 4) is 0 Å². The van der Waals surface area contributed by atoms with Crippen LogP contribution in [-0.4, -0.2) is 59.0 Å². The Kier molecular flexibility index (Phi) is 6.88. The number of carbonyl (C=O) groups excluding carboxylic acids is 1. The minimum Gasteiger partial charge on any atom is -0.367 e. The molecule has 4 aromatic rings. The van der Waals surface area contributed by atoms with Crippen molar-refractivity contribution in [3.63, 3.8) is 0 Å². The summed E-state index contributed by atoms with van der Waals surface area (Å²) in [6.45, 7) is 7.29. The van der Waals surface area contributed by atoms with Crippen LogP contribution >= 0.6 is 15.9 Å². The van der Waals surface area contributed by atoms with Gasteiger partial charge in [0, 0.05) is 55.5 Å². The third kappa shape index (κ3) is 5.34. The number of hydrogen-bond acceptors (Lipinski definition) is 7. The van der Waals surface area contributed by atoms with E-state index < -0.39 is 0 Å². The molecular weight excluding hydrogens is 520 g/mol. The van der Waals surface area contributed by atoms with E-state index in [-0.39, 0.29) is 5.91 Å². The summed E-state index contributed by atoms with van der Waals surface area (Å²) in [6, 6.07) is 14.0. The Labute approximate surface area is 217 Å². The summed E-state index contributed by atoms with van der Waals surface area (Å²) in [5.74, 6) is 0.801. The average molecular weight is 547 g/mol. The van der Waals surface area contributed by atoms with Gasteiger partial charge >= 0.3 is 0 Å². The molecule has 1 amide bonds. The van der Waals surface area contributed by atoms with Gasteiger partial charge in [-0.1, -0.05) is 12.6 Å². The van der Waals surface area contributed by atoms with Crippen LogP contribution in [-0.2, 0) is 4.79 Å². The molecule has 5 rings (SSSR count). The van der Waals surface area contributed by atoms with Crippen LogP contribution in [0, 0.1) is 0 Å². The number of aromatic nitrogens is 3. The summed E-state index contributed by atoms with van der Waals surface area (Å²) in [7, 11) is 2.12. The maximum absolute atomic E-state index is 12.1. The number of rotatable bonds is 7. The zero-order valence-electron chi connectivity index (χ0n) is 19.9. The summed E-state index contributed by atoms with van der Waals surface area (Å²) in [5, 5.41) is 10.7. The normalized spacial score (nSPS) is 14.0. The number of nitrogens with one attached hydrogen (secondary N) is 4. The van der Waals surface area contributed by atoms with E-state index in [0.29, 0.717) is 17.5 Å². The summed E-state index contributed by atoms with van der Waals surface area (Å²) in [6.07, 6.45) is 4.88. The van der Waals surface area contributed by atoms with E-state index in [0.717, 1.165) is 58.6 Å². The summed E-state index contributed by atoms with van der Waals surface area (Å²) < 4.78 is 0.740. The highest BCUT2D eigenvalue weighted by molar-refractivity contribution is 9.10. The van der Waals surface area contributed by atoms with Gasteiger partial charge in [0.1, 0.15) is 5.82 Å². The lowest BCUT2D eigenvalue weighted by Crippen LogP contribution is -2.44. The Balaban J connectivity index is 1.38. The molecule has 36 heavy (non-hydrogen) atoms. The number of benzene rings is 2. The molecule has 1 saturated heterocycles. The lowest BCUT2D eigenvalue weighted by molar-refractivity contribution is -0.111. The second-order valence-corrected chi connectivity index (χ2v) is 9.49. The highest BCUT2D eigenvalue weighted by Crippen LogP contribution is 2.32. The maximum atomic E-state index is 12.1. The van der Waals surface area contributed by atoms with Crippen molar-refractivity contribution < 1.29 is 4.79 Å². The number of aromatic amines is 1. The van der Waals surface area contributed by atoms with Gasteiger partial charge in [0.05, 0.1) is 15.8 Å². The second-order valence-electron chi connectivity index (χ2n) is 8.64. The summed E-state index contributed by atoms with van der Waals surface area (Å²) >= 11 is 3.53. The Morgan fingerprint density at radius 2 is 1.86 bits per heavy atom. The molecule has 2 aromatic heterocycles. The van der Waals surface area contributed by atoms with Gasteiger partial charge in [-0.2, -0.15) is 4.98 Å². The monoisotopic (exact) mass is 546 g/mol. The van der Waals surface area contributed by atoms with Gasteiger partial charge in [0.25, 0.3) is 0 Å². The van der Waals surface area contributed by atoms with Crippen molar-refractivity contribution >= 4 is 67.3 Å². The summed E-state index contributed by atoms with van der Waals surface area (Å²) in [5.41, 5.74) is 4.39. The van der Waals surface area contributed by atoms with Crippen molar-refractivity contribution in [1.29, 1.82) is 0 Å². The maximum Gasteiger partial charge on any atom is 0.247 e. The SMILES string of the molecule is C=CC(=O)Nc1cc(Nc2ncc(Br)c(Nc3ccc4cc[nH]c4c3)n2)ccc1N1CCN(C)CC1. The molecule has 3 heterocycles. The van der Waals surface area contributed by atoms with E-state index >= 15 is 0 Å². The van der Waals surface area contributed by atoms with Gasteiger partial charge in [0.15, 0.2) is 0 Å². The molecule has 9 nitrogen and oxygen atoms in total. The molecule has 0 aliphatic carbocycles. The van der Waals surface area contributed by atoms with Crippen LogP contribution in [0.3, 0.4) is 0 Å². The lowest BCUT2D eigenvalue weighted by Gasteiger charge is -2.35. The first kappa shape index (κ1) is 23.8. The molecule has 0 spiro atoms. The highest BCUT2D eigenvalue weighted by atomic mass is 79.9. The number of hydrogen-bond donors (Lipinski definition) is 4. The van der Waals surface area contributed by atoms with Crippen LogP contribution in [0.25, 0.3) is 10.9 Å². The first-order valence-corrected chi connectivity index (χ1v) is 12.4. The third-order valence-electron chi connectivity index (χ3n) is 6.10. The van der Waals surface area contributed by atoms with E-state index in [4.69, 9.17) is 0 Å². The zero-order chi connectivity index (χ0) is 25.1. The van der Waals surface area contributed by atoms with E-state index in [1.54, 1.807) is 6.20 Å². The number of likely N-dealkylation sites (N-methyl/N-ethyl adjacent to an activating group) is 1. The molecule has 4 N–H and O–H groups in total. The van der Waals surface area contributed by atoms with Crippen molar-refractivity contribution in [2.24, 2.45) is 0 Å². The molecule has 0 atom stereocenters. The van der Waals surface area contributed by atoms with Crippen molar-refractivity contribution in [3.05, 3.63) is 72.0 Å². The molecule has 10 heteroatoms. The van der Waals surface area contributed by atoms with Crippen molar-refractivity contribution in [2.75, 3.05) is 54.1 Å². The van der Waals surface area contributed by atoms with E-state index in [2.05, 4.69) is 70.3 Å². The summed E-state index contributed by atoms with van der Waals surface area (Å²) in [4.78, 5) is 29.0. The number of fused-ring (bicyclic) bond motifs is 1. The van der Waals surface area contributed by atoms with Crippen LogP contribution in [0.15, 0.2) is 72.0 Å². The zero-order valence-corrected chi connectivity index (χ0v) is 21.5. The molecule has 0 unspecified atom stereocenters. The molecular formula is C26H27BrN8O. The van der Waals surface area contributed by atoms with Gasteiger partial charge in [-0.15, -0.1) is 0 Å². The predicted molar refractivity (Wildman–Crippen MR) is 150 cm³/mol. The predicted octanol–water partition coefficient (Wildman–Crippen LogP) is 5.08. The Hall–Kier alpha value is -3.89. The molecule has 0 bridgehead atoms. The fraction of sp³-hybridized carbons (Fsp3) is 0.192. The Morgan fingerprint density at radius 1 is 1.08 bits per heavy atom. The van der Waals surface area contributed by atoms with Crippen LogP contribution in [0.2, 0.25) is 0 Å². The van der Waals surface area contributed by atoms with Gasteiger partial charge in [-0.3, -0.25) is 4.79 Å². The van der Waals surface area contributed by atoms with Crippen LogP contribution < -0.4 is 20.9 Å². The van der Waals surface area contributed by atoms with Crippen molar-refractivity contribution in [2.45, 2.75) is 0 Å². The number of amides is 1. The fourth-order valence-corrected chi connectivity index (χ4v) is 4.42. The minimum absolute atomic E-state index is 0.257. The smallest absolute Gasteiger partial charge is 0.247 e. The molecule has 0 saturated carbocycles. The second kappa shape index (κ2) is 10.4. The molecule has 1 aliphatic heterocycles. The number of piperazine rings is 1. The Morgan fingerprint density at radius 3 is 2.67 bits per heavy atom. The van der Waals surface area contributed by atoms with E-state index in [1.807, 2.05) is 48.7 Å². The first-order valence-electron chi connectivity index (χ1n) is 11.6. The van der Waals surface area contributed by atoms with Gasteiger partial charge < -0.3 is 30.7 Å². The molecule has 184 valence electrons. The van der Waals surface area contributed by atoms with E-state index in [9.17, 15) is 4.79 Å². The third-order valence-corrected chi connectivity index (χ3v) is 6.68. The topological polar surface area (TPSA) is 101 Å². The van der Waals surface area contributed by atoms with Crippen LogP contribution in [0.5, 0.6) is 0 Å². The van der Waals surface area contributed by atoms with Crippen molar-refractivity contribution in [1.82, 2.24) is 19.9 Å². The Bertz CT molecular complexity index is 1410. The van der Waals surface area contributed by atoms with Gasteiger partial charge in [-0.05, 0) is 70.8 Å². The first-order chi connectivity index (χ1) is 17.5. The minimum atomic E-state index is -0.257. The molecule has 2 aromatic carbocycles. The quantitative estimate of drug-likeness (QED) is 0.239. The van der Waals surface area contributed by atoms with Gasteiger partial charge in [0.2, 0.25) is 11.9 Å². The van der Waals surface area contributed by atoms with E-state index in [1.165, 1.54) is 6.08 Å². The highest BCUT2D eigenvalue weighted by Gasteiger charge is 2.18. The average Bonchev–Trinajstić information content (AvgIpc) is 3.35. The largest absolute Gasteiger partial charge is 0.367 e. The fourth-order valence-electron chi connectivity index (χ4n) is 4.13. The number of anilines is 6.